The Morgan fingerprint density at radius 3 is 3.17 bits per heavy atom. The number of anilines is 1. The van der Waals surface area contributed by atoms with Crippen LogP contribution in [0, 0.1) is 0 Å². The third-order valence-corrected chi connectivity index (χ3v) is 5.29. The zero-order valence-electron chi connectivity index (χ0n) is 9.65. The van der Waals surface area contributed by atoms with Crippen molar-refractivity contribution in [2.75, 3.05) is 23.0 Å². The van der Waals surface area contributed by atoms with Crippen molar-refractivity contribution in [1.29, 1.82) is 0 Å². The minimum absolute atomic E-state index is 0.351. The van der Waals surface area contributed by atoms with Crippen LogP contribution >= 0.6 is 23.5 Å². The molecule has 0 saturated carbocycles. The predicted octanol–water partition coefficient (Wildman–Crippen LogP) is 1.42. The summed E-state index contributed by atoms with van der Waals surface area (Å²) in [5.74, 6) is 4.78. The van der Waals surface area contributed by atoms with Crippen molar-refractivity contribution < 1.29 is 4.52 Å². The molecule has 2 aromatic rings. The molecule has 0 amide bonds. The van der Waals surface area contributed by atoms with Gasteiger partial charge in [0.2, 0.25) is 5.89 Å². The van der Waals surface area contributed by atoms with Crippen molar-refractivity contribution in [2.45, 2.75) is 11.8 Å². The van der Waals surface area contributed by atoms with Gasteiger partial charge < -0.3 is 10.3 Å². The van der Waals surface area contributed by atoms with E-state index in [-0.39, 0.29) is 0 Å². The number of rotatable bonds is 3. The molecule has 1 aliphatic rings. The number of nitrogens with zero attached hydrogens (tertiary/aromatic N) is 4. The summed E-state index contributed by atoms with van der Waals surface area (Å²) in [5, 5.41) is 8.49. The van der Waals surface area contributed by atoms with Gasteiger partial charge in [-0.3, -0.25) is 4.68 Å². The van der Waals surface area contributed by atoms with Crippen molar-refractivity contribution in [1.82, 2.24) is 19.9 Å². The van der Waals surface area contributed by atoms with E-state index in [2.05, 4.69) is 15.2 Å². The van der Waals surface area contributed by atoms with Crippen LogP contribution in [0.25, 0.3) is 0 Å². The van der Waals surface area contributed by atoms with E-state index in [1.54, 1.807) is 17.1 Å². The van der Waals surface area contributed by atoms with Crippen molar-refractivity contribution in [3.8, 4) is 0 Å². The number of hydrogen-bond acceptors (Lipinski definition) is 7. The van der Waals surface area contributed by atoms with Gasteiger partial charge in [0.05, 0.1) is 17.1 Å². The second-order valence-corrected chi connectivity index (χ2v) is 6.41. The molecule has 2 aromatic heterocycles. The summed E-state index contributed by atoms with van der Waals surface area (Å²) in [7, 11) is 0. The highest BCUT2D eigenvalue weighted by molar-refractivity contribution is 8.06. The minimum atomic E-state index is 0.351. The van der Waals surface area contributed by atoms with Gasteiger partial charge in [0, 0.05) is 23.5 Å². The molecule has 0 bridgehead atoms. The zero-order valence-corrected chi connectivity index (χ0v) is 11.3. The third kappa shape index (κ3) is 2.64. The Morgan fingerprint density at radius 2 is 2.44 bits per heavy atom. The van der Waals surface area contributed by atoms with Crippen LogP contribution in [0.15, 0.2) is 16.9 Å². The number of nitrogen functional groups attached to an aromatic ring is 1. The fraction of sp³-hybridized carbons (Fsp3) is 0.500. The van der Waals surface area contributed by atoms with Gasteiger partial charge in [-0.2, -0.15) is 21.8 Å². The van der Waals surface area contributed by atoms with E-state index in [4.69, 9.17) is 10.3 Å². The van der Waals surface area contributed by atoms with Gasteiger partial charge in [-0.15, -0.1) is 11.8 Å². The van der Waals surface area contributed by atoms with Crippen molar-refractivity contribution >= 4 is 29.2 Å². The molecule has 96 valence electrons. The van der Waals surface area contributed by atoms with Gasteiger partial charge in [0.25, 0.3) is 0 Å². The van der Waals surface area contributed by atoms with Crippen LogP contribution in [-0.2, 0) is 6.54 Å². The van der Waals surface area contributed by atoms with Crippen LogP contribution in [0.4, 0.5) is 5.69 Å². The van der Waals surface area contributed by atoms with Gasteiger partial charge in [0.15, 0.2) is 5.82 Å². The molecule has 3 heterocycles. The minimum Gasteiger partial charge on any atom is -0.396 e. The number of thioether (sulfide) groups is 2. The highest BCUT2D eigenvalue weighted by Gasteiger charge is 2.21. The fourth-order valence-electron chi connectivity index (χ4n) is 1.70. The Hall–Kier alpha value is -1.15. The van der Waals surface area contributed by atoms with Crippen LogP contribution in [0.5, 0.6) is 0 Å². The number of aromatic nitrogens is 4. The van der Waals surface area contributed by atoms with E-state index >= 15 is 0 Å². The van der Waals surface area contributed by atoms with E-state index < -0.39 is 0 Å². The molecule has 3 rings (SSSR count). The summed E-state index contributed by atoms with van der Waals surface area (Å²) in [5.41, 5.74) is 6.23. The Bertz CT molecular complexity index is 520. The molecule has 0 radical (unpaired) electrons. The quantitative estimate of drug-likeness (QED) is 0.912. The van der Waals surface area contributed by atoms with Gasteiger partial charge in [-0.25, -0.2) is 0 Å². The van der Waals surface area contributed by atoms with Gasteiger partial charge in [-0.05, 0) is 0 Å². The first kappa shape index (κ1) is 11.9. The predicted molar refractivity (Wildman–Crippen MR) is 72.6 cm³/mol. The van der Waals surface area contributed by atoms with Crippen molar-refractivity contribution in [3.63, 3.8) is 0 Å². The molecule has 18 heavy (non-hydrogen) atoms. The zero-order chi connectivity index (χ0) is 12.4. The SMILES string of the molecule is Nc1cnn(Cc2nc(C3CSCCS3)no2)c1. The lowest BCUT2D eigenvalue weighted by molar-refractivity contribution is 0.361. The average molecular weight is 283 g/mol. The summed E-state index contributed by atoms with van der Waals surface area (Å²) >= 11 is 3.83. The highest BCUT2D eigenvalue weighted by atomic mass is 32.2. The third-order valence-electron chi connectivity index (χ3n) is 2.54. The van der Waals surface area contributed by atoms with E-state index in [1.807, 2.05) is 23.5 Å². The maximum atomic E-state index is 5.60. The summed E-state index contributed by atoms with van der Waals surface area (Å²) in [6.07, 6.45) is 3.35. The maximum absolute atomic E-state index is 5.60. The van der Waals surface area contributed by atoms with Gasteiger partial charge in [-0.1, -0.05) is 5.16 Å². The molecule has 2 N–H and O–H groups in total. The average Bonchev–Trinajstić information content (AvgIpc) is 3.01. The van der Waals surface area contributed by atoms with Crippen LogP contribution in [0.3, 0.4) is 0 Å². The molecule has 8 heteroatoms. The first-order chi connectivity index (χ1) is 8.81. The van der Waals surface area contributed by atoms with E-state index in [9.17, 15) is 0 Å². The van der Waals surface area contributed by atoms with Crippen LogP contribution in [0.1, 0.15) is 17.0 Å². The first-order valence-corrected chi connectivity index (χ1v) is 7.81. The molecule has 1 fully saturated rings. The topological polar surface area (TPSA) is 82.8 Å². The standard InChI is InChI=1S/C10H13N5OS2/c11-7-3-12-15(4-7)5-9-13-10(14-16-9)8-6-17-1-2-18-8/h3-4,8H,1-2,5-6,11H2. The van der Waals surface area contributed by atoms with Gasteiger partial charge in [0.1, 0.15) is 6.54 Å². The highest BCUT2D eigenvalue weighted by Crippen LogP contribution is 2.35. The monoisotopic (exact) mass is 283 g/mol. The van der Waals surface area contributed by atoms with Crippen LogP contribution in [-0.4, -0.2) is 37.2 Å². The molecule has 6 nitrogen and oxygen atoms in total. The van der Waals surface area contributed by atoms with Crippen LogP contribution < -0.4 is 5.73 Å². The maximum Gasteiger partial charge on any atom is 0.248 e. The molecule has 1 aliphatic heterocycles. The largest absolute Gasteiger partial charge is 0.396 e. The number of nitrogens with two attached hydrogens (primary N) is 1. The summed E-state index contributed by atoms with van der Waals surface area (Å²) in [6, 6.07) is 0. The molecule has 0 aromatic carbocycles. The Morgan fingerprint density at radius 1 is 1.50 bits per heavy atom. The molecule has 0 spiro atoms. The summed E-state index contributed by atoms with van der Waals surface area (Å²) < 4.78 is 6.94. The van der Waals surface area contributed by atoms with E-state index in [0.717, 1.165) is 17.3 Å². The number of hydrogen-bond donors (Lipinski definition) is 1. The second-order valence-electron chi connectivity index (χ2n) is 3.95. The van der Waals surface area contributed by atoms with Crippen molar-refractivity contribution in [3.05, 3.63) is 24.1 Å². The van der Waals surface area contributed by atoms with Crippen molar-refractivity contribution in [2.24, 2.45) is 0 Å². The second kappa shape index (κ2) is 5.23. The Labute approximate surface area is 113 Å². The molecule has 1 atom stereocenters. The Balaban J connectivity index is 1.69. The molecular formula is C10H13N5OS2. The smallest absolute Gasteiger partial charge is 0.248 e. The van der Waals surface area contributed by atoms with E-state index in [1.165, 1.54) is 5.75 Å². The Kier molecular flexibility index (Phi) is 3.46. The lowest BCUT2D eigenvalue weighted by Gasteiger charge is -2.16. The lowest BCUT2D eigenvalue weighted by atomic mass is 10.4. The lowest BCUT2D eigenvalue weighted by Crippen LogP contribution is -2.08. The van der Waals surface area contributed by atoms with Crippen LogP contribution in [0.2, 0.25) is 0 Å². The molecule has 1 unspecified atom stereocenters. The molecule has 0 aliphatic carbocycles. The normalized spacial score (nSPS) is 20.1. The summed E-state index contributed by atoms with van der Waals surface area (Å²) in [4.78, 5) is 4.42. The molecule has 1 saturated heterocycles. The summed E-state index contributed by atoms with van der Waals surface area (Å²) in [6.45, 7) is 0.467. The van der Waals surface area contributed by atoms with E-state index in [0.29, 0.717) is 23.4 Å². The fourth-order valence-corrected chi connectivity index (χ4v) is 4.29. The molecular weight excluding hydrogens is 270 g/mol. The first-order valence-electron chi connectivity index (χ1n) is 5.61. The van der Waals surface area contributed by atoms with Gasteiger partial charge >= 0.3 is 0 Å².